The summed E-state index contributed by atoms with van der Waals surface area (Å²) in [5.41, 5.74) is -0.561. The van der Waals surface area contributed by atoms with Gasteiger partial charge in [-0.2, -0.15) is 0 Å². The van der Waals surface area contributed by atoms with Crippen LogP contribution in [0.1, 0.15) is 39.5 Å². The Morgan fingerprint density at radius 3 is 2.95 bits per heavy atom. The Morgan fingerprint density at radius 1 is 1.53 bits per heavy atom. The monoisotopic (exact) mass is 265 g/mol. The third-order valence-electron chi connectivity index (χ3n) is 4.12. The molecule has 0 bridgehead atoms. The molecule has 0 saturated carbocycles. The highest BCUT2D eigenvalue weighted by molar-refractivity contribution is 5.06. The molecule has 0 radical (unpaired) electrons. The standard InChI is InChI=1S/C15H23NO3/c1-4-5-13-9-15(10-17)14(18-13)7-6-12(19-15)8-11(2)16-3/h4-5,11-14,17H,6-10H2,1-2H3/b5-4+/t11-,12-,13?,14+,15-/m1/s1. The van der Waals surface area contributed by atoms with Gasteiger partial charge in [0.2, 0.25) is 6.04 Å². The fourth-order valence-corrected chi connectivity index (χ4v) is 3.17. The molecule has 106 valence electrons. The van der Waals surface area contributed by atoms with E-state index in [0.29, 0.717) is 6.42 Å². The molecule has 0 aromatic carbocycles. The lowest BCUT2D eigenvalue weighted by Crippen LogP contribution is -2.51. The summed E-state index contributed by atoms with van der Waals surface area (Å²) in [4.78, 5) is 3.53. The molecule has 0 aliphatic carbocycles. The molecule has 5 atom stereocenters. The first kappa shape index (κ1) is 14.5. The molecular weight excluding hydrogens is 242 g/mol. The smallest absolute Gasteiger partial charge is 0.223 e. The van der Waals surface area contributed by atoms with Crippen molar-refractivity contribution in [2.45, 2.75) is 69.5 Å². The maximum atomic E-state index is 9.76. The quantitative estimate of drug-likeness (QED) is 0.626. The average Bonchev–Trinajstić information content (AvgIpc) is 2.77. The first-order chi connectivity index (χ1) is 9.13. The maximum absolute atomic E-state index is 9.76. The van der Waals surface area contributed by atoms with Crippen LogP contribution in [0.25, 0.3) is 4.85 Å². The summed E-state index contributed by atoms with van der Waals surface area (Å²) in [5, 5.41) is 9.76. The first-order valence-corrected chi connectivity index (χ1v) is 7.07. The van der Waals surface area contributed by atoms with Gasteiger partial charge < -0.3 is 19.4 Å². The van der Waals surface area contributed by atoms with Crippen molar-refractivity contribution < 1.29 is 14.6 Å². The highest BCUT2D eigenvalue weighted by Crippen LogP contribution is 2.42. The fraction of sp³-hybridized carbons (Fsp3) is 0.800. The van der Waals surface area contributed by atoms with Gasteiger partial charge in [0.05, 0.1) is 24.9 Å². The van der Waals surface area contributed by atoms with Gasteiger partial charge in [0.1, 0.15) is 5.60 Å². The molecular formula is C15H23NO3. The zero-order valence-electron chi connectivity index (χ0n) is 11.7. The normalized spacial score (nSPS) is 40.0. The zero-order chi connectivity index (χ0) is 13.9. The van der Waals surface area contributed by atoms with E-state index in [-0.39, 0.29) is 31.0 Å². The lowest BCUT2D eigenvalue weighted by atomic mass is 9.86. The van der Waals surface area contributed by atoms with Crippen molar-refractivity contribution in [1.29, 1.82) is 0 Å². The van der Waals surface area contributed by atoms with Crippen LogP contribution < -0.4 is 0 Å². The van der Waals surface area contributed by atoms with Gasteiger partial charge in [-0.15, -0.1) is 0 Å². The molecule has 4 heteroatoms. The molecule has 2 saturated heterocycles. The Labute approximate surface area is 115 Å². The summed E-state index contributed by atoms with van der Waals surface area (Å²) in [6.45, 7) is 10.9. The molecule has 0 aromatic rings. The second-order valence-electron chi connectivity index (χ2n) is 5.65. The van der Waals surface area contributed by atoms with Crippen LogP contribution in [0.3, 0.4) is 0 Å². The number of hydrogen-bond acceptors (Lipinski definition) is 3. The molecule has 1 unspecified atom stereocenters. The van der Waals surface area contributed by atoms with Gasteiger partial charge in [0.15, 0.2) is 0 Å². The molecule has 0 amide bonds. The van der Waals surface area contributed by atoms with Crippen LogP contribution in [0.4, 0.5) is 0 Å². The number of aliphatic hydroxyl groups is 1. The van der Waals surface area contributed by atoms with Crippen molar-refractivity contribution in [1.82, 2.24) is 0 Å². The maximum Gasteiger partial charge on any atom is 0.223 e. The zero-order valence-corrected chi connectivity index (χ0v) is 11.7. The van der Waals surface area contributed by atoms with Crippen LogP contribution in [-0.4, -0.2) is 41.7 Å². The molecule has 2 fully saturated rings. The van der Waals surface area contributed by atoms with Crippen molar-refractivity contribution in [2.24, 2.45) is 0 Å². The van der Waals surface area contributed by atoms with Gasteiger partial charge in [-0.3, -0.25) is 0 Å². The molecule has 2 aliphatic rings. The topological polar surface area (TPSA) is 43.0 Å². The molecule has 2 aliphatic heterocycles. The summed E-state index contributed by atoms with van der Waals surface area (Å²) in [7, 11) is 0. The highest BCUT2D eigenvalue weighted by Gasteiger charge is 2.52. The number of rotatable bonds is 4. The summed E-state index contributed by atoms with van der Waals surface area (Å²) >= 11 is 0. The highest BCUT2D eigenvalue weighted by atomic mass is 16.6. The number of nitrogens with zero attached hydrogens (tertiary/aromatic N) is 1. The Balaban J connectivity index is 2.04. The summed E-state index contributed by atoms with van der Waals surface area (Å²) in [6, 6.07) is -0.0223. The molecule has 0 spiro atoms. The van der Waals surface area contributed by atoms with Crippen molar-refractivity contribution in [3.8, 4) is 0 Å². The second-order valence-corrected chi connectivity index (χ2v) is 5.65. The Morgan fingerprint density at radius 2 is 2.32 bits per heavy atom. The predicted octanol–water partition coefficient (Wildman–Crippen LogP) is 2.33. The fourth-order valence-electron chi connectivity index (χ4n) is 3.17. The SMILES string of the molecule is [C-]#[N+][C@H](C)C[C@H]1CC[C@@H]2OC(/C=C/C)C[C@]2(CO)O1. The summed E-state index contributed by atoms with van der Waals surface area (Å²) < 4.78 is 12.1. The van der Waals surface area contributed by atoms with E-state index in [1.807, 2.05) is 26.0 Å². The minimum absolute atomic E-state index is 0.00534. The van der Waals surface area contributed by atoms with E-state index in [1.54, 1.807) is 0 Å². The molecule has 19 heavy (non-hydrogen) atoms. The van der Waals surface area contributed by atoms with Crippen molar-refractivity contribution in [3.63, 3.8) is 0 Å². The van der Waals surface area contributed by atoms with E-state index in [2.05, 4.69) is 4.85 Å². The van der Waals surface area contributed by atoms with Gasteiger partial charge in [-0.05, 0) is 19.8 Å². The van der Waals surface area contributed by atoms with Crippen molar-refractivity contribution in [3.05, 3.63) is 23.6 Å². The second kappa shape index (κ2) is 6.04. The minimum atomic E-state index is -0.561. The van der Waals surface area contributed by atoms with E-state index < -0.39 is 5.60 Å². The van der Waals surface area contributed by atoms with Crippen LogP contribution in [-0.2, 0) is 9.47 Å². The summed E-state index contributed by atoms with van der Waals surface area (Å²) in [5.74, 6) is 0. The largest absolute Gasteiger partial charge is 0.393 e. The lowest BCUT2D eigenvalue weighted by molar-refractivity contribution is -0.183. The molecule has 4 nitrogen and oxygen atoms in total. The van der Waals surface area contributed by atoms with Gasteiger partial charge >= 0.3 is 0 Å². The Kier molecular flexibility index (Phi) is 4.62. The number of ether oxygens (including phenoxy) is 2. The van der Waals surface area contributed by atoms with Crippen molar-refractivity contribution in [2.75, 3.05) is 6.61 Å². The van der Waals surface area contributed by atoms with Gasteiger partial charge in [0, 0.05) is 19.8 Å². The Hall–Kier alpha value is -0.890. The van der Waals surface area contributed by atoms with Crippen LogP contribution in [0.2, 0.25) is 0 Å². The van der Waals surface area contributed by atoms with Crippen LogP contribution in [0, 0.1) is 6.57 Å². The van der Waals surface area contributed by atoms with E-state index in [4.69, 9.17) is 16.0 Å². The molecule has 2 heterocycles. The van der Waals surface area contributed by atoms with E-state index in [1.165, 1.54) is 0 Å². The summed E-state index contributed by atoms with van der Waals surface area (Å²) in [6.07, 6.45) is 7.37. The number of allylic oxidation sites excluding steroid dienone is 1. The lowest BCUT2D eigenvalue weighted by Gasteiger charge is -2.40. The predicted molar refractivity (Wildman–Crippen MR) is 72.7 cm³/mol. The minimum Gasteiger partial charge on any atom is -0.393 e. The van der Waals surface area contributed by atoms with Gasteiger partial charge in [-0.1, -0.05) is 12.2 Å². The average molecular weight is 265 g/mol. The molecule has 2 rings (SSSR count). The number of aliphatic hydroxyl groups excluding tert-OH is 1. The van der Waals surface area contributed by atoms with Crippen LogP contribution in [0.15, 0.2) is 12.2 Å². The van der Waals surface area contributed by atoms with E-state index in [0.717, 1.165) is 19.3 Å². The van der Waals surface area contributed by atoms with Gasteiger partial charge in [-0.25, -0.2) is 6.57 Å². The van der Waals surface area contributed by atoms with Crippen LogP contribution in [0.5, 0.6) is 0 Å². The van der Waals surface area contributed by atoms with Gasteiger partial charge in [0.25, 0.3) is 0 Å². The third kappa shape index (κ3) is 3.00. The number of fused-ring (bicyclic) bond motifs is 1. The Bertz CT molecular complexity index is 376. The molecule has 1 N–H and O–H groups in total. The number of hydrogen-bond donors (Lipinski definition) is 1. The van der Waals surface area contributed by atoms with Crippen LogP contribution >= 0.6 is 0 Å². The van der Waals surface area contributed by atoms with E-state index in [9.17, 15) is 5.11 Å². The van der Waals surface area contributed by atoms with E-state index >= 15 is 0 Å². The van der Waals surface area contributed by atoms with Crippen molar-refractivity contribution >= 4 is 0 Å². The first-order valence-electron chi connectivity index (χ1n) is 7.07. The third-order valence-corrected chi connectivity index (χ3v) is 4.12. The molecule has 0 aromatic heterocycles.